The van der Waals surface area contributed by atoms with Crippen LogP contribution in [0.25, 0.3) is 5.69 Å². The van der Waals surface area contributed by atoms with Gasteiger partial charge in [0, 0.05) is 17.5 Å². The van der Waals surface area contributed by atoms with Crippen molar-refractivity contribution in [3.05, 3.63) is 35.3 Å². The van der Waals surface area contributed by atoms with Gasteiger partial charge in [0.1, 0.15) is 0 Å². The number of hydrogen-bond donors (Lipinski definition) is 1. The summed E-state index contributed by atoms with van der Waals surface area (Å²) in [4.78, 5) is 0. The maximum Gasteiger partial charge on any atom is 0.194 e. The molecule has 0 bridgehead atoms. The van der Waals surface area contributed by atoms with Crippen LogP contribution >= 0.6 is 0 Å². The number of nitrogen functional groups attached to an aromatic ring is 1. The Balaban J connectivity index is 2.67. The Morgan fingerprint density at radius 2 is 1.63 bits per heavy atom. The van der Waals surface area contributed by atoms with Crippen LogP contribution in [-0.2, 0) is 5.41 Å². The van der Waals surface area contributed by atoms with Gasteiger partial charge in [-0.2, -0.15) is 0 Å². The first-order chi connectivity index (χ1) is 8.71. The highest BCUT2D eigenvalue weighted by atomic mass is 19.2. The first-order valence-electron chi connectivity index (χ1n) is 5.58. The number of aromatic nitrogens is 3. The Morgan fingerprint density at radius 3 is 2.11 bits per heavy atom. The fourth-order valence-corrected chi connectivity index (χ4v) is 1.84. The summed E-state index contributed by atoms with van der Waals surface area (Å²) in [7, 11) is 0. The highest BCUT2D eigenvalue weighted by Crippen LogP contribution is 2.29. The van der Waals surface area contributed by atoms with E-state index in [1.165, 1.54) is 4.68 Å². The van der Waals surface area contributed by atoms with Crippen molar-refractivity contribution >= 4 is 5.82 Å². The van der Waals surface area contributed by atoms with E-state index in [2.05, 4.69) is 10.3 Å². The third kappa shape index (κ3) is 2.27. The van der Waals surface area contributed by atoms with E-state index in [0.29, 0.717) is 5.69 Å². The van der Waals surface area contributed by atoms with Gasteiger partial charge in [-0.05, 0) is 0 Å². The lowest BCUT2D eigenvalue weighted by Gasteiger charge is -2.20. The number of halogens is 3. The molecule has 1 aromatic heterocycles. The molecule has 0 aliphatic carbocycles. The zero-order valence-corrected chi connectivity index (χ0v) is 10.7. The quantitative estimate of drug-likeness (QED) is 0.810. The van der Waals surface area contributed by atoms with E-state index in [4.69, 9.17) is 5.73 Å². The third-order valence-corrected chi connectivity index (χ3v) is 2.62. The first kappa shape index (κ1) is 13.4. The maximum absolute atomic E-state index is 13.3. The Labute approximate surface area is 108 Å². The van der Waals surface area contributed by atoms with Gasteiger partial charge >= 0.3 is 0 Å². The molecule has 19 heavy (non-hydrogen) atoms. The van der Waals surface area contributed by atoms with Crippen molar-refractivity contribution < 1.29 is 13.2 Å². The minimum Gasteiger partial charge on any atom is -0.381 e. The van der Waals surface area contributed by atoms with Gasteiger partial charge in [-0.25, -0.2) is 17.9 Å². The molecule has 2 aromatic rings. The molecule has 0 radical (unpaired) electrons. The van der Waals surface area contributed by atoms with Crippen LogP contribution in [0.1, 0.15) is 26.5 Å². The van der Waals surface area contributed by atoms with Gasteiger partial charge in [-0.1, -0.05) is 26.0 Å². The van der Waals surface area contributed by atoms with Crippen LogP contribution in [0.15, 0.2) is 12.1 Å². The standard InChI is InChI=1S/C12H13F3N4/c1-12(2,3)10-11(16)17-18-19(10)6-4-7(13)9(15)8(14)5-6/h4-5H,16H2,1-3H3. The minimum absolute atomic E-state index is 0.0329. The van der Waals surface area contributed by atoms with Crippen molar-refractivity contribution in [3.63, 3.8) is 0 Å². The second-order valence-corrected chi connectivity index (χ2v) is 5.21. The van der Waals surface area contributed by atoms with Gasteiger partial charge in [-0.15, -0.1) is 5.10 Å². The molecule has 0 atom stereocenters. The van der Waals surface area contributed by atoms with E-state index in [1.807, 2.05) is 20.8 Å². The number of nitrogens with zero attached hydrogens (tertiary/aromatic N) is 3. The SMILES string of the molecule is CC(C)(C)c1c(N)nnn1-c1cc(F)c(F)c(F)c1. The monoisotopic (exact) mass is 270 g/mol. The third-order valence-electron chi connectivity index (χ3n) is 2.62. The molecular weight excluding hydrogens is 257 g/mol. The van der Waals surface area contributed by atoms with Crippen molar-refractivity contribution in [1.29, 1.82) is 0 Å². The van der Waals surface area contributed by atoms with E-state index >= 15 is 0 Å². The molecule has 0 spiro atoms. The van der Waals surface area contributed by atoms with Crippen LogP contribution in [-0.4, -0.2) is 15.0 Å². The molecule has 7 heteroatoms. The largest absolute Gasteiger partial charge is 0.381 e. The van der Waals surface area contributed by atoms with Crippen molar-refractivity contribution in [2.24, 2.45) is 0 Å². The van der Waals surface area contributed by atoms with Crippen molar-refractivity contribution in [3.8, 4) is 5.69 Å². The molecular formula is C12H13F3N4. The number of nitrogens with two attached hydrogens (primary N) is 1. The lowest BCUT2D eigenvalue weighted by molar-refractivity contribution is 0.444. The molecule has 1 aromatic carbocycles. The van der Waals surface area contributed by atoms with Crippen LogP contribution in [0.4, 0.5) is 19.0 Å². The smallest absolute Gasteiger partial charge is 0.194 e. The molecule has 0 aliphatic heterocycles. The lowest BCUT2D eigenvalue weighted by Crippen LogP contribution is -2.19. The Morgan fingerprint density at radius 1 is 1.11 bits per heavy atom. The van der Waals surface area contributed by atoms with E-state index in [0.717, 1.165) is 12.1 Å². The van der Waals surface area contributed by atoms with E-state index in [-0.39, 0.29) is 11.5 Å². The summed E-state index contributed by atoms with van der Waals surface area (Å²) in [6, 6.07) is 1.70. The molecule has 0 saturated heterocycles. The zero-order chi connectivity index (χ0) is 14.4. The molecule has 2 N–H and O–H groups in total. The Bertz CT molecular complexity index is 605. The topological polar surface area (TPSA) is 56.7 Å². The highest BCUT2D eigenvalue weighted by Gasteiger charge is 2.25. The van der Waals surface area contributed by atoms with Crippen LogP contribution in [0.2, 0.25) is 0 Å². The van der Waals surface area contributed by atoms with Gasteiger partial charge in [0.25, 0.3) is 0 Å². The van der Waals surface area contributed by atoms with Crippen molar-refractivity contribution in [2.75, 3.05) is 5.73 Å². The molecule has 0 unspecified atom stereocenters. The molecule has 0 amide bonds. The van der Waals surface area contributed by atoms with Gasteiger partial charge in [0.2, 0.25) is 0 Å². The molecule has 1 heterocycles. The summed E-state index contributed by atoms with van der Waals surface area (Å²) in [5.41, 5.74) is 5.81. The van der Waals surface area contributed by atoms with Crippen molar-refractivity contribution in [1.82, 2.24) is 15.0 Å². The number of anilines is 1. The number of rotatable bonds is 1. The summed E-state index contributed by atoms with van der Waals surface area (Å²) in [6.45, 7) is 5.57. The lowest BCUT2D eigenvalue weighted by atomic mass is 9.91. The summed E-state index contributed by atoms with van der Waals surface area (Å²) >= 11 is 0. The molecule has 0 saturated carbocycles. The van der Waals surface area contributed by atoms with Gasteiger partial charge in [0.05, 0.1) is 11.4 Å². The number of benzene rings is 1. The van der Waals surface area contributed by atoms with Crippen LogP contribution in [0.5, 0.6) is 0 Å². The average Bonchev–Trinajstić information content (AvgIpc) is 2.67. The molecule has 2 rings (SSSR count). The van der Waals surface area contributed by atoms with Gasteiger partial charge < -0.3 is 5.73 Å². The van der Waals surface area contributed by atoms with Crippen LogP contribution in [0.3, 0.4) is 0 Å². The number of hydrogen-bond acceptors (Lipinski definition) is 3. The van der Waals surface area contributed by atoms with Crippen LogP contribution in [0, 0.1) is 17.5 Å². The summed E-state index contributed by atoms with van der Waals surface area (Å²) < 4.78 is 40.7. The van der Waals surface area contributed by atoms with Gasteiger partial charge in [0.15, 0.2) is 23.3 Å². The van der Waals surface area contributed by atoms with E-state index in [1.54, 1.807) is 0 Å². The van der Waals surface area contributed by atoms with Crippen molar-refractivity contribution in [2.45, 2.75) is 26.2 Å². The average molecular weight is 270 g/mol. The maximum atomic E-state index is 13.3. The Hall–Kier alpha value is -2.05. The first-order valence-corrected chi connectivity index (χ1v) is 5.58. The normalized spacial score (nSPS) is 11.9. The predicted octanol–water partition coefficient (Wildman–Crippen LogP) is 2.56. The molecule has 102 valence electrons. The highest BCUT2D eigenvalue weighted by molar-refractivity contribution is 5.44. The second kappa shape index (κ2) is 4.25. The molecule has 4 nitrogen and oxygen atoms in total. The summed E-state index contributed by atoms with van der Waals surface area (Å²) in [6.07, 6.45) is 0. The predicted molar refractivity (Wildman–Crippen MR) is 64.3 cm³/mol. The van der Waals surface area contributed by atoms with E-state index < -0.39 is 22.9 Å². The molecule has 0 aliphatic rings. The summed E-state index contributed by atoms with van der Waals surface area (Å²) in [5.74, 6) is -3.93. The second-order valence-electron chi connectivity index (χ2n) is 5.21. The summed E-state index contributed by atoms with van der Waals surface area (Å²) in [5, 5.41) is 7.44. The van der Waals surface area contributed by atoms with Crippen LogP contribution < -0.4 is 5.73 Å². The van der Waals surface area contributed by atoms with Gasteiger partial charge in [-0.3, -0.25) is 0 Å². The Kier molecular flexibility index (Phi) is 3.00. The van der Waals surface area contributed by atoms with E-state index in [9.17, 15) is 13.2 Å². The minimum atomic E-state index is -1.52. The molecule has 0 fully saturated rings. The fourth-order valence-electron chi connectivity index (χ4n) is 1.84. The fraction of sp³-hybridized carbons (Fsp3) is 0.333. The zero-order valence-electron chi connectivity index (χ0n) is 10.7.